The van der Waals surface area contributed by atoms with Gasteiger partial charge in [0.05, 0.1) is 0 Å². The van der Waals surface area contributed by atoms with Gasteiger partial charge in [0.15, 0.2) is 0 Å². The second-order valence-corrected chi connectivity index (χ2v) is 4.74. The number of rotatable bonds is 8. The third-order valence-corrected chi connectivity index (χ3v) is 2.85. The van der Waals surface area contributed by atoms with Gasteiger partial charge in [-0.1, -0.05) is 92.4 Å². The fraction of sp³-hybridized carbons (Fsp3) is 1.00. The highest BCUT2D eigenvalue weighted by Gasteiger charge is 1.99. The van der Waals surface area contributed by atoms with Crippen LogP contribution in [0.25, 0.3) is 0 Å². The average Bonchev–Trinajstić information content (AvgIpc) is 2.27. The van der Waals surface area contributed by atoms with Gasteiger partial charge in [0.2, 0.25) is 0 Å². The van der Waals surface area contributed by atoms with Crippen LogP contribution in [0.1, 0.15) is 92.4 Å². The predicted molar refractivity (Wildman–Crippen MR) is 73.4 cm³/mol. The molecule has 1 unspecified atom stereocenters. The summed E-state index contributed by atoms with van der Waals surface area (Å²) in [6.45, 7) is 11.3. The number of unbranched alkanes of at least 4 members (excludes halogenated alkanes) is 4. The third-order valence-electron chi connectivity index (χ3n) is 2.85. The largest absolute Gasteiger partial charge is 0.0654 e. The predicted octanol–water partition coefficient (Wildman–Crippen LogP) is 6.20. The van der Waals surface area contributed by atoms with Crippen molar-refractivity contribution in [3.8, 4) is 0 Å². The molecule has 0 aliphatic rings. The van der Waals surface area contributed by atoms with Crippen molar-refractivity contribution in [1.82, 2.24) is 0 Å². The molecule has 1 atom stereocenters. The molecule has 0 aromatic carbocycles. The summed E-state index contributed by atoms with van der Waals surface area (Å²) in [6.07, 6.45) is 12.6. The van der Waals surface area contributed by atoms with E-state index in [1.165, 1.54) is 57.8 Å². The molecule has 0 aromatic rings. The third kappa shape index (κ3) is 20.2. The fourth-order valence-electron chi connectivity index (χ4n) is 1.44. The maximum Gasteiger partial charge on any atom is -0.0443 e. The summed E-state index contributed by atoms with van der Waals surface area (Å²) in [7, 11) is 0. The Morgan fingerprint density at radius 2 is 1.07 bits per heavy atom. The monoisotopic (exact) mass is 214 g/mol. The molecule has 0 aromatic heterocycles. The molecule has 0 fully saturated rings. The topological polar surface area (TPSA) is 0 Å². The van der Waals surface area contributed by atoms with E-state index in [-0.39, 0.29) is 0 Å². The van der Waals surface area contributed by atoms with Crippen LogP contribution >= 0.6 is 0 Å². The summed E-state index contributed by atoms with van der Waals surface area (Å²) >= 11 is 0. The van der Waals surface area contributed by atoms with Gasteiger partial charge in [-0.15, -0.1) is 0 Å². The van der Waals surface area contributed by atoms with Crippen molar-refractivity contribution in [1.29, 1.82) is 0 Å². The molecule has 0 nitrogen and oxygen atoms in total. The van der Waals surface area contributed by atoms with E-state index in [4.69, 9.17) is 0 Å². The van der Waals surface area contributed by atoms with E-state index >= 15 is 0 Å². The Labute approximate surface area is 98.9 Å². The van der Waals surface area contributed by atoms with Crippen molar-refractivity contribution in [2.24, 2.45) is 5.92 Å². The van der Waals surface area contributed by atoms with E-state index in [2.05, 4.69) is 34.6 Å². The molecule has 0 aliphatic carbocycles. The van der Waals surface area contributed by atoms with Crippen molar-refractivity contribution in [3.63, 3.8) is 0 Å². The smallest absolute Gasteiger partial charge is 0.0443 e. The summed E-state index contributed by atoms with van der Waals surface area (Å²) in [5, 5.41) is 0. The Morgan fingerprint density at radius 3 is 1.47 bits per heavy atom. The van der Waals surface area contributed by atoms with Crippen molar-refractivity contribution < 1.29 is 0 Å². The van der Waals surface area contributed by atoms with E-state index in [0.717, 1.165) is 5.92 Å². The zero-order valence-corrected chi connectivity index (χ0v) is 11.9. The van der Waals surface area contributed by atoms with Crippen molar-refractivity contribution in [2.75, 3.05) is 0 Å². The Balaban J connectivity index is 0. The Morgan fingerprint density at radius 1 is 0.600 bits per heavy atom. The van der Waals surface area contributed by atoms with Crippen molar-refractivity contribution in [3.05, 3.63) is 0 Å². The second kappa shape index (κ2) is 16.4. The van der Waals surface area contributed by atoms with Gasteiger partial charge in [-0.25, -0.2) is 0 Å². The molecular weight excluding hydrogens is 180 g/mol. The molecule has 0 aliphatic heterocycles. The van der Waals surface area contributed by atoms with Gasteiger partial charge in [-0.3, -0.25) is 0 Å². The average molecular weight is 214 g/mol. The van der Waals surface area contributed by atoms with Gasteiger partial charge < -0.3 is 0 Å². The lowest BCUT2D eigenvalue weighted by Gasteiger charge is -2.09. The Bertz CT molecular complexity index is 84.0. The van der Waals surface area contributed by atoms with E-state index in [1.54, 1.807) is 0 Å². The van der Waals surface area contributed by atoms with Gasteiger partial charge in [0.1, 0.15) is 0 Å². The SMILES string of the molecule is CCCC.CCCCCC(C)CCCC. The summed E-state index contributed by atoms with van der Waals surface area (Å²) in [5.41, 5.74) is 0. The molecule has 0 amide bonds. The van der Waals surface area contributed by atoms with Gasteiger partial charge in [-0.05, 0) is 5.92 Å². The minimum atomic E-state index is 0.974. The molecule has 15 heavy (non-hydrogen) atoms. The van der Waals surface area contributed by atoms with E-state index in [1.807, 2.05) is 0 Å². The van der Waals surface area contributed by atoms with Crippen LogP contribution < -0.4 is 0 Å². The molecule has 0 saturated heterocycles. The lowest BCUT2D eigenvalue weighted by atomic mass is 9.98. The first kappa shape index (κ1) is 17.4. The second-order valence-electron chi connectivity index (χ2n) is 4.74. The lowest BCUT2D eigenvalue weighted by Crippen LogP contribution is -1.93. The summed E-state index contributed by atoms with van der Waals surface area (Å²) in [4.78, 5) is 0. The number of hydrogen-bond donors (Lipinski definition) is 0. The van der Waals surface area contributed by atoms with Crippen LogP contribution in [0.3, 0.4) is 0 Å². The molecule has 0 radical (unpaired) electrons. The van der Waals surface area contributed by atoms with E-state index < -0.39 is 0 Å². The molecule has 0 bridgehead atoms. The highest BCUT2D eigenvalue weighted by Crippen LogP contribution is 2.15. The number of hydrogen-bond acceptors (Lipinski definition) is 0. The summed E-state index contributed by atoms with van der Waals surface area (Å²) in [5.74, 6) is 0.974. The summed E-state index contributed by atoms with van der Waals surface area (Å²) in [6, 6.07) is 0. The molecule has 0 rings (SSSR count). The normalized spacial score (nSPS) is 11.8. The molecular formula is C15H34. The first-order valence-corrected chi connectivity index (χ1v) is 7.22. The highest BCUT2D eigenvalue weighted by molar-refractivity contribution is 4.53. The van der Waals surface area contributed by atoms with E-state index in [0.29, 0.717) is 0 Å². The fourth-order valence-corrected chi connectivity index (χ4v) is 1.44. The Hall–Kier alpha value is 0. The summed E-state index contributed by atoms with van der Waals surface area (Å²) < 4.78 is 0. The van der Waals surface area contributed by atoms with Crippen LogP contribution in [0.5, 0.6) is 0 Å². The Kier molecular flexibility index (Phi) is 19.1. The van der Waals surface area contributed by atoms with Gasteiger partial charge >= 0.3 is 0 Å². The maximum absolute atomic E-state index is 2.39. The van der Waals surface area contributed by atoms with E-state index in [9.17, 15) is 0 Å². The minimum Gasteiger partial charge on any atom is -0.0654 e. The minimum absolute atomic E-state index is 0.974. The first-order chi connectivity index (χ1) is 7.22. The zero-order valence-electron chi connectivity index (χ0n) is 11.9. The lowest BCUT2D eigenvalue weighted by molar-refractivity contribution is 0.448. The molecule has 0 N–H and O–H groups in total. The standard InChI is InChI=1S/C11H24.C4H10/c1-4-6-8-10-11(3)9-7-5-2;1-3-4-2/h11H,4-10H2,1-3H3;3-4H2,1-2H3. The first-order valence-electron chi connectivity index (χ1n) is 7.22. The van der Waals surface area contributed by atoms with Crippen LogP contribution in [0.4, 0.5) is 0 Å². The van der Waals surface area contributed by atoms with Crippen LogP contribution in [0.15, 0.2) is 0 Å². The van der Waals surface area contributed by atoms with Gasteiger partial charge in [0.25, 0.3) is 0 Å². The van der Waals surface area contributed by atoms with Crippen molar-refractivity contribution >= 4 is 0 Å². The maximum atomic E-state index is 2.39. The van der Waals surface area contributed by atoms with Crippen LogP contribution in [-0.2, 0) is 0 Å². The van der Waals surface area contributed by atoms with Gasteiger partial charge in [0, 0.05) is 0 Å². The zero-order chi connectivity index (χ0) is 11.9. The molecule has 0 saturated carbocycles. The van der Waals surface area contributed by atoms with Crippen LogP contribution in [0.2, 0.25) is 0 Å². The van der Waals surface area contributed by atoms with Crippen LogP contribution in [0, 0.1) is 5.92 Å². The van der Waals surface area contributed by atoms with Crippen LogP contribution in [-0.4, -0.2) is 0 Å². The van der Waals surface area contributed by atoms with Gasteiger partial charge in [-0.2, -0.15) is 0 Å². The highest BCUT2D eigenvalue weighted by atomic mass is 14.1. The molecule has 0 heteroatoms. The molecule has 0 spiro atoms. The molecule has 94 valence electrons. The van der Waals surface area contributed by atoms with Crippen molar-refractivity contribution in [2.45, 2.75) is 92.4 Å². The quantitative estimate of drug-likeness (QED) is 0.422. The molecule has 0 heterocycles.